The van der Waals surface area contributed by atoms with Crippen molar-refractivity contribution >= 4 is 15.9 Å². The Morgan fingerprint density at radius 2 is 1.77 bits per heavy atom. The van der Waals surface area contributed by atoms with Crippen LogP contribution in [-0.2, 0) is 14.8 Å². The Balaban J connectivity index is 1.55. The van der Waals surface area contributed by atoms with E-state index in [0.717, 1.165) is 22.5 Å². The van der Waals surface area contributed by atoms with Gasteiger partial charge < -0.3 is 9.64 Å². The van der Waals surface area contributed by atoms with Crippen molar-refractivity contribution in [1.29, 1.82) is 0 Å². The van der Waals surface area contributed by atoms with Crippen LogP contribution in [0.1, 0.15) is 27.8 Å². The molecule has 0 bridgehead atoms. The first kappa shape index (κ1) is 21.2. The Morgan fingerprint density at radius 3 is 2.45 bits per heavy atom. The lowest BCUT2D eigenvalue weighted by Gasteiger charge is -2.33. The molecule has 0 spiro atoms. The number of morpholine rings is 1. The number of sulfonamides is 1. The van der Waals surface area contributed by atoms with Gasteiger partial charge in [0.25, 0.3) is 5.91 Å². The molecule has 1 fully saturated rings. The molecule has 3 aromatic rings. The van der Waals surface area contributed by atoms with Crippen LogP contribution in [0.15, 0.2) is 71.6 Å². The Bertz CT molecular complexity index is 1200. The van der Waals surface area contributed by atoms with Gasteiger partial charge in [-0.05, 0) is 54.4 Å². The number of primary sulfonamides is 1. The van der Waals surface area contributed by atoms with Gasteiger partial charge in [-0.15, -0.1) is 0 Å². The maximum atomic E-state index is 13.0. The van der Waals surface area contributed by atoms with E-state index in [1.54, 1.807) is 4.90 Å². The Hall–Kier alpha value is -3.07. The average Bonchev–Trinajstić information content (AvgIpc) is 2.78. The second kappa shape index (κ2) is 8.58. The average molecular weight is 438 g/mol. The third-order valence-electron chi connectivity index (χ3n) is 5.19. The summed E-state index contributed by atoms with van der Waals surface area (Å²) in [5, 5.41) is 5.13. The van der Waals surface area contributed by atoms with Gasteiger partial charge in [-0.1, -0.05) is 30.3 Å². The van der Waals surface area contributed by atoms with Crippen LogP contribution in [0.3, 0.4) is 0 Å². The van der Waals surface area contributed by atoms with E-state index < -0.39 is 10.0 Å². The molecule has 0 aliphatic carbocycles. The van der Waals surface area contributed by atoms with Crippen LogP contribution in [0.2, 0.25) is 0 Å². The third-order valence-corrected chi connectivity index (χ3v) is 6.12. The molecule has 2 heterocycles. The van der Waals surface area contributed by atoms with E-state index in [1.807, 2.05) is 49.4 Å². The summed E-state index contributed by atoms with van der Waals surface area (Å²) in [6, 6.07) is 19.7. The van der Waals surface area contributed by atoms with E-state index in [0.29, 0.717) is 25.3 Å². The van der Waals surface area contributed by atoms with Crippen LogP contribution >= 0.6 is 0 Å². The highest BCUT2D eigenvalue weighted by Gasteiger charge is 2.27. The molecule has 2 N–H and O–H groups in total. The lowest BCUT2D eigenvalue weighted by molar-refractivity contribution is -0.0247. The Labute approximate surface area is 181 Å². The number of pyridine rings is 1. The molecule has 160 valence electrons. The number of hydrogen-bond acceptors (Lipinski definition) is 5. The highest BCUT2D eigenvalue weighted by molar-refractivity contribution is 7.89. The van der Waals surface area contributed by atoms with Gasteiger partial charge in [0.05, 0.1) is 23.7 Å². The number of nitrogens with two attached hydrogens (primary N) is 1. The molecule has 2 aromatic carbocycles. The predicted octanol–water partition coefficient (Wildman–Crippen LogP) is 2.92. The van der Waals surface area contributed by atoms with Crippen molar-refractivity contribution in [3.63, 3.8) is 0 Å². The number of carbonyl (C=O) groups is 1. The van der Waals surface area contributed by atoms with Crippen molar-refractivity contribution in [3.8, 4) is 11.1 Å². The van der Waals surface area contributed by atoms with E-state index in [1.165, 1.54) is 24.3 Å². The van der Waals surface area contributed by atoms with E-state index in [2.05, 4.69) is 4.98 Å². The van der Waals surface area contributed by atoms with Crippen molar-refractivity contribution in [1.82, 2.24) is 9.88 Å². The van der Waals surface area contributed by atoms with Gasteiger partial charge in [-0.3, -0.25) is 9.78 Å². The molecular formula is C23H23N3O4S. The summed E-state index contributed by atoms with van der Waals surface area (Å²) in [6.07, 6.45) is -0.344. The molecule has 0 radical (unpaired) electrons. The number of rotatable bonds is 4. The van der Waals surface area contributed by atoms with Gasteiger partial charge in [0.2, 0.25) is 10.0 Å². The highest BCUT2D eigenvalue weighted by atomic mass is 32.2. The monoisotopic (exact) mass is 437 g/mol. The van der Waals surface area contributed by atoms with Gasteiger partial charge in [-0.25, -0.2) is 13.6 Å². The number of amides is 1. The van der Waals surface area contributed by atoms with Gasteiger partial charge >= 0.3 is 0 Å². The summed E-state index contributed by atoms with van der Waals surface area (Å²) in [5.41, 5.74) is 4.19. The Morgan fingerprint density at radius 1 is 1.06 bits per heavy atom. The first-order chi connectivity index (χ1) is 14.8. The molecule has 7 nitrogen and oxygen atoms in total. The fourth-order valence-corrected chi connectivity index (χ4v) is 4.15. The van der Waals surface area contributed by atoms with Crippen molar-refractivity contribution < 1.29 is 17.9 Å². The number of ether oxygens (including phenoxy) is 1. The molecule has 1 amide bonds. The van der Waals surface area contributed by atoms with Gasteiger partial charge in [0.1, 0.15) is 6.10 Å². The quantitative estimate of drug-likeness (QED) is 0.676. The molecule has 1 saturated heterocycles. The van der Waals surface area contributed by atoms with Crippen molar-refractivity contribution in [2.75, 3.05) is 19.7 Å². The molecule has 8 heteroatoms. The van der Waals surface area contributed by atoms with E-state index >= 15 is 0 Å². The summed E-state index contributed by atoms with van der Waals surface area (Å²) in [7, 11) is -3.80. The largest absolute Gasteiger partial charge is 0.368 e. The minimum atomic E-state index is -3.80. The summed E-state index contributed by atoms with van der Waals surface area (Å²) in [5.74, 6) is -0.190. The number of carbonyl (C=O) groups excluding carboxylic acids is 1. The Kier molecular flexibility index (Phi) is 5.86. The lowest BCUT2D eigenvalue weighted by Crippen LogP contribution is -2.42. The number of benzene rings is 2. The van der Waals surface area contributed by atoms with Crippen LogP contribution in [-0.4, -0.2) is 43.9 Å². The molecular weight excluding hydrogens is 414 g/mol. The summed E-state index contributed by atoms with van der Waals surface area (Å²) in [6.45, 7) is 3.14. The molecule has 0 saturated carbocycles. The maximum Gasteiger partial charge on any atom is 0.254 e. The first-order valence-corrected chi connectivity index (χ1v) is 11.4. The normalized spacial score (nSPS) is 16.8. The van der Waals surface area contributed by atoms with E-state index in [9.17, 15) is 13.2 Å². The van der Waals surface area contributed by atoms with Gasteiger partial charge in [0, 0.05) is 17.8 Å². The zero-order chi connectivity index (χ0) is 22.0. The fourth-order valence-electron chi connectivity index (χ4n) is 3.64. The molecule has 1 unspecified atom stereocenters. The summed E-state index contributed by atoms with van der Waals surface area (Å²) in [4.78, 5) is 19.3. The van der Waals surface area contributed by atoms with Gasteiger partial charge in [-0.2, -0.15) is 0 Å². The molecule has 4 rings (SSSR count). The van der Waals surface area contributed by atoms with Crippen molar-refractivity contribution in [2.24, 2.45) is 5.14 Å². The van der Waals surface area contributed by atoms with E-state index in [-0.39, 0.29) is 16.9 Å². The van der Waals surface area contributed by atoms with Crippen molar-refractivity contribution in [3.05, 3.63) is 83.7 Å². The minimum absolute atomic E-state index is 0.0266. The number of hydrogen-bond donors (Lipinski definition) is 1. The molecule has 31 heavy (non-hydrogen) atoms. The second-order valence-corrected chi connectivity index (χ2v) is 9.03. The highest BCUT2D eigenvalue weighted by Crippen LogP contribution is 2.27. The number of aryl methyl sites for hydroxylation is 1. The molecule has 1 aliphatic heterocycles. The summed E-state index contributed by atoms with van der Waals surface area (Å²) >= 11 is 0. The zero-order valence-electron chi connectivity index (χ0n) is 17.1. The number of aromatic nitrogens is 1. The van der Waals surface area contributed by atoms with Crippen LogP contribution in [0.5, 0.6) is 0 Å². The molecule has 1 atom stereocenters. The van der Waals surface area contributed by atoms with Crippen LogP contribution < -0.4 is 5.14 Å². The van der Waals surface area contributed by atoms with E-state index in [4.69, 9.17) is 9.88 Å². The minimum Gasteiger partial charge on any atom is -0.368 e. The molecule has 1 aromatic heterocycles. The van der Waals surface area contributed by atoms with Crippen molar-refractivity contribution in [2.45, 2.75) is 17.9 Å². The third kappa shape index (κ3) is 4.82. The van der Waals surface area contributed by atoms with Crippen LogP contribution in [0.4, 0.5) is 0 Å². The topological polar surface area (TPSA) is 103 Å². The summed E-state index contributed by atoms with van der Waals surface area (Å²) < 4.78 is 28.8. The predicted molar refractivity (Wildman–Crippen MR) is 117 cm³/mol. The standard InChI is InChI=1S/C23H23N3O4S/c1-16-13-19(17-5-3-2-4-6-17)14-21(25-16)22-15-26(11-12-30-22)23(27)18-7-9-20(10-8-18)31(24,28)29/h2-10,13-14,22H,11-12,15H2,1H3,(H2,24,28,29). The lowest BCUT2D eigenvalue weighted by atomic mass is 10.0. The first-order valence-electron chi connectivity index (χ1n) is 9.89. The molecule has 1 aliphatic rings. The smallest absolute Gasteiger partial charge is 0.254 e. The van der Waals surface area contributed by atoms with Crippen LogP contribution in [0, 0.1) is 6.92 Å². The van der Waals surface area contributed by atoms with Crippen LogP contribution in [0.25, 0.3) is 11.1 Å². The number of nitrogens with zero attached hydrogens (tertiary/aromatic N) is 2. The maximum absolute atomic E-state index is 13.0. The zero-order valence-corrected chi connectivity index (χ0v) is 17.9. The van der Waals surface area contributed by atoms with Gasteiger partial charge in [0.15, 0.2) is 0 Å². The SMILES string of the molecule is Cc1cc(-c2ccccc2)cc(C2CN(C(=O)c3ccc(S(N)(=O)=O)cc3)CCO2)n1. The second-order valence-electron chi connectivity index (χ2n) is 7.47. The fraction of sp³-hybridized carbons (Fsp3) is 0.217.